The van der Waals surface area contributed by atoms with Crippen LogP contribution in [0.3, 0.4) is 0 Å². The minimum Gasteiger partial charge on any atom is -0.481 e. The van der Waals surface area contributed by atoms with Crippen LogP contribution in [0.2, 0.25) is 0 Å². The molecule has 0 amide bonds. The molecule has 0 bridgehead atoms. The number of nitrogens with zero attached hydrogens (tertiary/aromatic N) is 1. The van der Waals surface area contributed by atoms with Crippen LogP contribution in [0.15, 0.2) is 42.6 Å². The Bertz CT molecular complexity index is 589. The van der Waals surface area contributed by atoms with Crippen molar-refractivity contribution in [1.82, 2.24) is 4.57 Å². The van der Waals surface area contributed by atoms with Crippen molar-refractivity contribution in [3.8, 4) is 0 Å². The average molecular weight is 279 g/mol. The maximum absolute atomic E-state index is 12.2. The van der Waals surface area contributed by atoms with Gasteiger partial charge in [-0.2, -0.15) is 0 Å². The Balaban J connectivity index is 0.00000180. The van der Waals surface area contributed by atoms with Crippen LogP contribution < -0.4 is 0 Å². The standard InChI is InChI=1S/C14H13NO3.2H2O/c1-10-7-8-15(12(10)9-13(16)17)14(18)11-5-3-2-4-6-11;;/h2-8H,9H2,1H3,(H,16,17);2*1H2. The van der Waals surface area contributed by atoms with Gasteiger partial charge in [0.05, 0.1) is 6.42 Å². The summed E-state index contributed by atoms with van der Waals surface area (Å²) in [7, 11) is 0. The number of carbonyl (C=O) groups excluding carboxylic acids is 1. The molecule has 0 aliphatic carbocycles. The third-order valence-electron chi connectivity index (χ3n) is 2.78. The van der Waals surface area contributed by atoms with Crippen LogP contribution in [-0.2, 0) is 11.2 Å². The van der Waals surface area contributed by atoms with Crippen LogP contribution in [0, 0.1) is 6.92 Å². The van der Waals surface area contributed by atoms with Crippen LogP contribution in [0.5, 0.6) is 0 Å². The van der Waals surface area contributed by atoms with Crippen molar-refractivity contribution < 1.29 is 25.6 Å². The molecule has 0 aliphatic heterocycles. The first kappa shape index (κ1) is 17.6. The van der Waals surface area contributed by atoms with Gasteiger partial charge in [-0.25, -0.2) is 0 Å². The largest absolute Gasteiger partial charge is 0.481 e. The summed E-state index contributed by atoms with van der Waals surface area (Å²) >= 11 is 0. The highest BCUT2D eigenvalue weighted by Crippen LogP contribution is 2.13. The lowest BCUT2D eigenvalue weighted by atomic mass is 10.2. The number of aromatic nitrogens is 1. The molecular formula is C14H17NO5. The third kappa shape index (κ3) is 3.53. The number of benzene rings is 1. The van der Waals surface area contributed by atoms with Crippen LogP contribution in [0.1, 0.15) is 21.6 Å². The molecule has 108 valence electrons. The summed E-state index contributed by atoms with van der Waals surface area (Å²) in [5.74, 6) is -1.15. The van der Waals surface area contributed by atoms with Crippen LogP contribution in [0.4, 0.5) is 0 Å². The average Bonchev–Trinajstić information content (AvgIpc) is 2.71. The summed E-state index contributed by atoms with van der Waals surface area (Å²) in [6, 6.07) is 10.6. The van der Waals surface area contributed by atoms with E-state index in [1.54, 1.807) is 43.5 Å². The molecule has 0 radical (unpaired) electrons. The van der Waals surface area contributed by atoms with Crippen molar-refractivity contribution in [2.45, 2.75) is 13.3 Å². The van der Waals surface area contributed by atoms with Crippen molar-refractivity contribution in [3.63, 3.8) is 0 Å². The molecule has 0 atom stereocenters. The summed E-state index contributed by atoms with van der Waals surface area (Å²) in [5, 5.41) is 8.86. The van der Waals surface area contributed by atoms with E-state index in [9.17, 15) is 9.59 Å². The van der Waals surface area contributed by atoms with E-state index in [0.29, 0.717) is 11.3 Å². The smallest absolute Gasteiger partial charge is 0.309 e. The van der Waals surface area contributed by atoms with E-state index >= 15 is 0 Å². The molecule has 0 spiro atoms. The summed E-state index contributed by atoms with van der Waals surface area (Å²) in [6.45, 7) is 1.80. The first-order valence-corrected chi connectivity index (χ1v) is 5.58. The van der Waals surface area contributed by atoms with Gasteiger partial charge in [-0.3, -0.25) is 14.2 Å². The Morgan fingerprint density at radius 2 is 1.70 bits per heavy atom. The van der Waals surface area contributed by atoms with Gasteiger partial charge in [0.15, 0.2) is 0 Å². The van der Waals surface area contributed by atoms with Gasteiger partial charge in [-0.15, -0.1) is 0 Å². The first-order valence-electron chi connectivity index (χ1n) is 5.58. The van der Waals surface area contributed by atoms with Gasteiger partial charge in [0, 0.05) is 17.5 Å². The quantitative estimate of drug-likeness (QED) is 0.877. The van der Waals surface area contributed by atoms with Crippen molar-refractivity contribution in [2.24, 2.45) is 0 Å². The lowest BCUT2D eigenvalue weighted by Gasteiger charge is -2.07. The van der Waals surface area contributed by atoms with E-state index in [-0.39, 0.29) is 23.3 Å². The summed E-state index contributed by atoms with van der Waals surface area (Å²) in [5.41, 5.74) is 1.87. The number of carboxylic acids is 1. The molecule has 0 saturated carbocycles. The molecular weight excluding hydrogens is 262 g/mol. The van der Waals surface area contributed by atoms with Gasteiger partial charge in [0.25, 0.3) is 5.91 Å². The first-order chi connectivity index (χ1) is 8.59. The van der Waals surface area contributed by atoms with Gasteiger partial charge in [0.2, 0.25) is 0 Å². The predicted octanol–water partition coefficient (Wildman–Crippen LogP) is 0.463. The molecule has 20 heavy (non-hydrogen) atoms. The fraction of sp³-hybridized carbons (Fsp3) is 0.143. The number of aryl methyl sites for hydroxylation is 1. The number of carboxylic acid groups (broad SMARTS) is 1. The van der Waals surface area contributed by atoms with E-state index in [2.05, 4.69) is 0 Å². The zero-order chi connectivity index (χ0) is 13.1. The zero-order valence-corrected chi connectivity index (χ0v) is 11.0. The second-order valence-electron chi connectivity index (χ2n) is 4.06. The SMILES string of the molecule is Cc1ccn(C(=O)c2ccccc2)c1CC(=O)O.O.O. The van der Waals surface area contributed by atoms with Crippen LogP contribution in [-0.4, -0.2) is 32.5 Å². The third-order valence-corrected chi connectivity index (χ3v) is 2.78. The lowest BCUT2D eigenvalue weighted by Crippen LogP contribution is -2.16. The minimum atomic E-state index is -0.945. The second-order valence-corrected chi connectivity index (χ2v) is 4.06. The maximum Gasteiger partial charge on any atom is 0.309 e. The van der Waals surface area contributed by atoms with Gasteiger partial charge in [-0.1, -0.05) is 18.2 Å². The molecule has 6 nitrogen and oxygen atoms in total. The van der Waals surface area contributed by atoms with E-state index in [4.69, 9.17) is 5.11 Å². The fourth-order valence-electron chi connectivity index (χ4n) is 1.84. The molecule has 2 rings (SSSR count). The lowest BCUT2D eigenvalue weighted by molar-refractivity contribution is -0.136. The number of carbonyl (C=O) groups is 2. The molecule has 0 unspecified atom stereocenters. The number of rotatable bonds is 3. The van der Waals surface area contributed by atoms with Crippen LogP contribution in [0.25, 0.3) is 0 Å². The summed E-state index contributed by atoms with van der Waals surface area (Å²) in [6.07, 6.45) is 1.46. The normalized spacial score (nSPS) is 9.25. The van der Waals surface area contributed by atoms with Crippen LogP contribution >= 0.6 is 0 Å². The number of hydrogen-bond donors (Lipinski definition) is 1. The Labute approximate surface area is 115 Å². The fourth-order valence-corrected chi connectivity index (χ4v) is 1.84. The topological polar surface area (TPSA) is 122 Å². The minimum absolute atomic E-state index is 0. The molecule has 1 aromatic heterocycles. The van der Waals surface area contributed by atoms with Crippen molar-refractivity contribution in [3.05, 3.63) is 59.4 Å². The Morgan fingerprint density at radius 3 is 2.25 bits per heavy atom. The van der Waals surface area contributed by atoms with E-state index < -0.39 is 5.97 Å². The van der Waals surface area contributed by atoms with E-state index in [1.165, 1.54) is 4.57 Å². The summed E-state index contributed by atoms with van der Waals surface area (Å²) in [4.78, 5) is 23.0. The monoisotopic (exact) mass is 279 g/mol. The molecule has 0 saturated heterocycles. The van der Waals surface area contributed by atoms with Crippen molar-refractivity contribution in [2.75, 3.05) is 0 Å². The molecule has 5 N–H and O–H groups in total. The summed E-state index contributed by atoms with van der Waals surface area (Å²) < 4.78 is 1.40. The van der Waals surface area contributed by atoms with E-state index in [0.717, 1.165) is 5.56 Å². The maximum atomic E-state index is 12.2. The second kappa shape index (κ2) is 7.22. The van der Waals surface area contributed by atoms with Gasteiger partial charge >= 0.3 is 5.97 Å². The molecule has 2 aromatic rings. The molecule has 0 aliphatic rings. The molecule has 0 fully saturated rings. The Morgan fingerprint density at radius 1 is 1.10 bits per heavy atom. The Hall–Kier alpha value is -2.44. The zero-order valence-electron chi connectivity index (χ0n) is 11.0. The predicted molar refractivity (Wildman–Crippen MR) is 73.9 cm³/mol. The highest BCUT2D eigenvalue weighted by atomic mass is 16.4. The van der Waals surface area contributed by atoms with Gasteiger partial charge in [0.1, 0.15) is 0 Å². The number of aliphatic carboxylic acids is 1. The van der Waals surface area contributed by atoms with Gasteiger partial charge in [-0.05, 0) is 30.7 Å². The number of hydrogen-bond acceptors (Lipinski definition) is 2. The molecule has 1 heterocycles. The Kier molecular flexibility index (Phi) is 6.34. The molecule has 1 aromatic carbocycles. The highest BCUT2D eigenvalue weighted by Gasteiger charge is 2.15. The van der Waals surface area contributed by atoms with E-state index in [1.807, 2.05) is 6.07 Å². The van der Waals surface area contributed by atoms with Gasteiger partial charge < -0.3 is 16.1 Å². The van der Waals surface area contributed by atoms with Crippen molar-refractivity contribution in [1.29, 1.82) is 0 Å². The molecule has 6 heteroatoms. The van der Waals surface area contributed by atoms with Crippen molar-refractivity contribution >= 4 is 11.9 Å². The highest BCUT2D eigenvalue weighted by molar-refractivity contribution is 5.96.